The molecule has 7 heteroatoms. The Morgan fingerprint density at radius 1 is 1.58 bits per heavy atom. The third-order valence-corrected chi connectivity index (χ3v) is 4.05. The van der Waals surface area contributed by atoms with Gasteiger partial charge >= 0.3 is 5.97 Å². The van der Waals surface area contributed by atoms with Crippen LogP contribution in [-0.2, 0) is 4.74 Å². The van der Waals surface area contributed by atoms with E-state index in [1.807, 2.05) is 0 Å². The highest BCUT2D eigenvalue weighted by atomic mass is 32.2. The van der Waals surface area contributed by atoms with Crippen LogP contribution >= 0.6 is 11.8 Å². The summed E-state index contributed by atoms with van der Waals surface area (Å²) in [6.07, 6.45) is 2.11. The van der Waals surface area contributed by atoms with Crippen LogP contribution in [0.3, 0.4) is 0 Å². The van der Waals surface area contributed by atoms with Crippen LogP contribution in [0.1, 0.15) is 23.2 Å². The minimum Gasteiger partial charge on any atom is -0.478 e. The molecule has 19 heavy (non-hydrogen) atoms. The molecular formula is C12H13NO5S. The first-order valence-electron chi connectivity index (χ1n) is 5.84. The highest BCUT2D eigenvalue weighted by Gasteiger charge is 2.21. The number of rotatable bonds is 5. The third-order valence-electron chi connectivity index (χ3n) is 2.85. The van der Waals surface area contributed by atoms with E-state index in [4.69, 9.17) is 9.84 Å². The fourth-order valence-electron chi connectivity index (χ4n) is 1.87. The molecule has 1 aliphatic rings. The molecule has 0 aromatic heterocycles. The van der Waals surface area contributed by atoms with E-state index in [1.165, 1.54) is 23.9 Å². The Hall–Kier alpha value is -1.60. The number of carboxylic acid groups (broad SMARTS) is 1. The lowest BCUT2D eigenvalue weighted by molar-refractivity contribution is -0.387. The van der Waals surface area contributed by atoms with Gasteiger partial charge in [-0.2, -0.15) is 0 Å². The Kier molecular flexibility index (Phi) is 4.39. The molecule has 1 N–H and O–H groups in total. The van der Waals surface area contributed by atoms with Gasteiger partial charge in [-0.05, 0) is 25.0 Å². The number of nitrogens with zero attached hydrogens (tertiary/aromatic N) is 1. The van der Waals surface area contributed by atoms with Crippen molar-refractivity contribution >= 4 is 23.4 Å². The molecule has 1 fully saturated rings. The van der Waals surface area contributed by atoms with Gasteiger partial charge in [-0.25, -0.2) is 4.79 Å². The monoisotopic (exact) mass is 283 g/mol. The molecule has 1 heterocycles. The molecule has 0 amide bonds. The first-order valence-corrected chi connectivity index (χ1v) is 6.82. The predicted molar refractivity (Wildman–Crippen MR) is 69.8 cm³/mol. The molecular weight excluding hydrogens is 270 g/mol. The summed E-state index contributed by atoms with van der Waals surface area (Å²) in [5.41, 5.74) is -0.240. The first-order chi connectivity index (χ1) is 9.08. The normalized spacial score (nSPS) is 18.4. The van der Waals surface area contributed by atoms with Gasteiger partial charge in [0.2, 0.25) is 0 Å². The highest BCUT2D eigenvalue weighted by molar-refractivity contribution is 7.99. The molecule has 0 bridgehead atoms. The fourth-order valence-corrected chi connectivity index (χ4v) is 2.95. The first kappa shape index (κ1) is 13.8. The number of ether oxygens (including phenoxy) is 1. The van der Waals surface area contributed by atoms with Crippen LogP contribution in [0.5, 0.6) is 0 Å². The van der Waals surface area contributed by atoms with Gasteiger partial charge < -0.3 is 9.84 Å². The van der Waals surface area contributed by atoms with Gasteiger partial charge in [0.1, 0.15) is 0 Å². The van der Waals surface area contributed by atoms with E-state index < -0.39 is 10.9 Å². The van der Waals surface area contributed by atoms with Crippen molar-refractivity contribution in [2.45, 2.75) is 23.8 Å². The average molecular weight is 283 g/mol. The summed E-state index contributed by atoms with van der Waals surface area (Å²) in [5.74, 6) is -0.522. The van der Waals surface area contributed by atoms with E-state index >= 15 is 0 Å². The quantitative estimate of drug-likeness (QED) is 0.507. The molecule has 1 atom stereocenters. The SMILES string of the molecule is O=C(O)c1ccc(SC[C@H]2CCCO2)c([N+](=O)[O-])c1. The molecule has 0 aliphatic carbocycles. The van der Waals surface area contributed by atoms with E-state index in [0.717, 1.165) is 25.5 Å². The molecule has 102 valence electrons. The van der Waals surface area contributed by atoms with E-state index in [-0.39, 0.29) is 17.4 Å². The molecule has 0 spiro atoms. The molecule has 1 saturated heterocycles. The topological polar surface area (TPSA) is 89.7 Å². The Bertz CT molecular complexity index is 499. The van der Waals surface area contributed by atoms with E-state index in [0.29, 0.717) is 10.6 Å². The number of hydrogen-bond acceptors (Lipinski definition) is 5. The molecule has 6 nitrogen and oxygen atoms in total. The van der Waals surface area contributed by atoms with Crippen LogP contribution in [0.2, 0.25) is 0 Å². The Morgan fingerprint density at radius 3 is 2.95 bits per heavy atom. The van der Waals surface area contributed by atoms with Gasteiger partial charge in [0, 0.05) is 18.4 Å². The maximum atomic E-state index is 11.0. The third kappa shape index (κ3) is 3.45. The summed E-state index contributed by atoms with van der Waals surface area (Å²) in [6.45, 7) is 0.741. The predicted octanol–water partition coefficient (Wildman–Crippen LogP) is 2.56. The summed E-state index contributed by atoms with van der Waals surface area (Å²) in [4.78, 5) is 21.7. The molecule has 0 radical (unpaired) electrons. The Balaban J connectivity index is 2.14. The zero-order valence-electron chi connectivity index (χ0n) is 10.1. The molecule has 1 aromatic rings. The zero-order chi connectivity index (χ0) is 13.8. The van der Waals surface area contributed by atoms with Crippen molar-refractivity contribution in [2.24, 2.45) is 0 Å². The number of thioether (sulfide) groups is 1. The van der Waals surface area contributed by atoms with Gasteiger partial charge in [0.25, 0.3) is 5.69 Å². The van der Waals surface area contributed by atoms with Crippen molar-refractivity contribution < 1.29 is 19.6 Å². The second-order valence-electron chi connectivity index (χ2n) is 4.19. The lowest BCUT2D eigenvalue weighted by atomic mass is 10.2. The number of aromatic carboxylic acids is 1. The molecule has 1 aromatic carbocycles. The van der Waals surface area contributed by atoms with Gasteiger partial charge in [-0.1, -0.05) is 0 Å². The summed E-state index contributed by atoms with van der Waals surface area (Å²) in [5, 5.41) is 19.8. The summed E-state index contributed by atoms with van der Waals surface area (Å²) in [6, 6.07) is 3.97. The zero-order valence-corrected chi connectivity index (χ0v) is 10.9. The number of hydrogen-bond donors (Lipinski definition) is 1. The second kappa shape index (κ2) is 6.03. The van der Waals surface area contributed by atoms with E-state index in [2.05, 4.69) is 0 Å². The van der Waals surface area contributed by atoms with Crippen molar-refractivity contribution in [1.82, 2.24) is 0 Å². The van der Waals surface area contributed by atoms with Gasteiger partial charge in [0.05, 0.1) is 21.5 Å². The number of benzene rings is 1. The molecule has 2 rings (SSSR count). The number of nitro benzene ring substituents is 1. The summed E-state index contributed by atoms with van der Waals surface area (Å²) >= 11 is 1.33. The van der Waals surface area contributed by atoms with Crippen LogP contribution in [0.25, 0.3) is 0 Å². The second-order valence-corrected chi connectivity index (χ2v) is 5.25. The van der Waals surface area contributed by atoms with Crippen molar-refractivity contribution in [3.05, 3.63) is 33.9 Å². The largest absolute Gasteiger partial charge is 0.478 e. The lowest BCUT2D eigenvalue weighted by Gasteiger charge is -2.09. The minimum atomic E-state index is -1.17. The minimum absolute atomic E-state index is 0.0758. The van der Waals surface area contributed by atoms with Crippen LogP contribution in [0.4, 0.5) is 5.69 Å². The van der Waals surface area contributed by atoms with Gasteiger partial charge in [-0.3, -0.25) is 10.1 Å². The Morgan fingerprint density at radius 2 is 2.37 bits per heavy atom. The van der Waals surface area contributed by atoms with Gasteiger partial charge in [-0.15, -0.1) is 11.8 Å². The number of carbonyl (C=O) groups is 1. The van der Waals surface area contributed by atoms with Crippen LogP contribution in [0, 0.1) is 10.1 Å². The smallest absolute Gasteiger partial charge is 0.335 e. The summed E-state index contributed by atoms with van der Waals surface area (Å²) in [7, 11) is 0. The Labute approximate surface area is 113 Å². The standard InChI is InChI=1S/C12H13NO5S/c14-12(15)8-3-4-11(10(6-8)13(16)17)19-7-9-2-1-5-18-9/h3-4,6,9H,1-2,5,7H2,(H,14,15)/t9-/m1/s1. The molecule has 1 aliphatic heterocycles. The van der Waals surface area contributed by atoms with Crippen molar-refractivity contribution in [3.8, 4) is 0 Å². The number of carboxylic acids is 1. The maximum absolute atomic E-state index is 11.0. The van der Waals surface area contributed by atoms with E-state index in [9.17, 15) is 14.9 Å². The maximum Gasteiger partial charge on any atom is 0.335 e. The highest BCUT2D eigenvalue weighted by Crippen LogP contribution is 2.32. The van der Waals surface area contributed by atoms with Crippen LogP contribution in [0.15, 0.2) is 23.1 Å². The lowest BCUT2D eigenvalue weighted by Crippen LogP contribution is -2.08. The average Bonchev–Trinajstić information content (AvgIpc) is 2.89. The van der Waals surface area contributed by atoms with Crippen molar-refractivity contribution in [3.63, 3.8) is 0 Å². The fraction of sp³-hybridized carbons (Fsp3) is 0.417. The van der Waals surface area contributed by atoms with E-state index in [1.54, 1.807) is 0 Å². The van der Waals surface area contributed by atoms with Gasteiger partial charge in [0.15, 0.2) is 0 Å². The molecule has 0 unspecified atom stereocenters. The molecule has 0 saturated carbocycles. The van der Waals surface area contributed by atoms with Crippen molar-refractivity contribution in [1.29, 1.82) is 0 Å². The van der Waals surface area contributed by atoms with Crippen LogP contribution in [-0.4, -0.2) is 34.5 Å². The van der Waals surface area contributed by atoms with Crippen molar-refractivity contribution in [2.75, 3.05) is 12.4 Å². The van der Waals surface area contributed by atoms with Crippen LogP contribution < -0.4 is 0 Å². The number of nitro groups is 1. The summed E-state index contributed by atoms with van der Waals surface area (Å²) < 4.78 is 5.45.